The molecule has 0 aromatic carbocycles. The SMILES string of the molecule is CCOC(=O)c1cc(NCC2(SC)CCCC2)ncc1N. The first-order valence-electron chi connectivity index (χ1n) is 7.32. The first-order valence-corrected chi connectivity index (χ1v) is 8.54. The van der Waals surface area contributed by atoms with Crippen LogP contribution in [0.3, 0.4) is 0 Å². The van der Waals surface area contributed by atoms with Gasteiger partial charge in [-0.2, -0.15) is 11.8 Å². The quantitative estimate of drug-likeness (QED) is 0.787. The van der Waals surface area contributed by atoms with Gasteiger partial charge >= 0.3 is 5.97 Å². The average molecular weight is 309 g/mol. The zero-order chi connectivity index (χ0) is 15.3. The molecule has 116 valence electrons. The zero-order valence-electron chi connectivity index (χ0n) is 12.6. The Kier molecular flexibility index (Phi) is 5.33. The van der Waals surface area contributed by atoms with E-state index in [1.54, 1.807) is 13.0 Å². The van der Waals surface area contributed by atoms with Gasteiger partial charge in [-0.15, -0.1) is 0 Å². The van der Waals surface area contributed by atoms with E-state index in [1.165, 1.54) is 31.9 Å². The highest BCUT2D eigenvalue weighted by Gasteiger charge is 2.32. The minimum absolute atomic E-state index is 0.285. The minimum Gasteiger partial charge on any atom is -0.462 e. The Morgan fingerprint density at radius 2 is 2.24 bits per heavy atom. The maximum atomic E-state index is 11.8. The molecule has 0 atom stereocenters. The van der Waals surface area contributed by atoms with Gasteiger partial charge in [0.1, 0.15) is 5.82 Å². The molecule has 21 heavy (non-hydrogen) atoms. The average Bonchev–Trinajstić information content (AvgIpc) is 2.96. The summed E-state index contributed by atoms with van der Waals surface area (Å²) >= 11 is 1.91. The first kappa shape index (κ1) is 15.9. The highest BCUT2D eigenvalue weighted by molar-refractivity contribution is 8.00. The van der Waals surface area contributed by atoms with Crippen LogP contribution >= 0.6 is 11.8 Å². The second-order valence-corrected chi connectivity index (χ2v) is 6.60. The molecule has 5 nitrogen and oxygen atoms in total. The number of carbonyl (C=O) groups is 1. The highest BCUT2D eigenvalue weighted by Crippen LogP contribution is 2.40. The second-order valence-electron chi connectivity index (χ2n) is 5.33. The van der Waals surface area contributed by atoms with Crippen molar-refractivity contribution in [3.8, 4) is 0 Å². The fourth-order valence-corrected chi connectivity index (χ4v) is 3.59. The highest BCUT2D eigenvalue weighted by atomic mass is 32.2. The van der Waals surface area contributed by atoms with Gasteiger partial charge in [-0.05, 0) is 32.1 Å². The van der Waals surface area contributed by atoms with E-state index < -0.39 is 5.97 Å². The number of nitrogen functional groups attached to an aromatic ring is 1. The molecule has 0 amide bonds. The van der Waals surface area contributed by atoms with E-state index in [4.69, 9.17) is 10.5 Å². The molecule has 1 aromatic heterocycles. The van der Waals surface area contributed by atoms with E-state index in [1.807, 2.05) is 11.8 Å². The van der Waals surface area contributed by atoms with Crippen molar-refractivity contribution in [1.82, 2.24) is 4.98 Å². The van der Waals surface area contributed by atoms with Gasteiger partial charge in [0, 0.05) is 11.3 Å². The number of anilines is 2. The molecule has 1 saturated carbocycles. The Bertz CT molecular complexity index is 502. The molecule has 2 rings (SSSR count). The van der Waals surface area contributed by atoms with E-state index in [9.17, 15) is 4.79 Å². The van der Waals surface area contributed by atoms with Crippen molar-refractivity contribution in [3.05, 3.63) is 17.8 Å². The van der Waals surface area contributed by atoms with Gasteiger partial charge in [0.2, 0.25) is 0 Å². The predicted molar refractivity (Wildman–Crippen MR) is 87.8 cm³/mol. The van der Waals surface area contributed by atoms with Crippen LogP contribution in [0.5, 0.6) is 0 Å². The molecule has 0 saturated heterocycles. The lowest BCUT2D eigenvalue weighted by atomic mass is 10.1. The van der Waals surface area contributed by atoms with Gasteiger partial charge in [0.25, 0.3) is 0 Å². The van der Waals surface area contributed by atoms with Gasteiger partial charge in [-0.1, -0.05) is 12.8 Å². The summed E-state index contributed by atoms with van der Waals surface area (Å²) < 4.78 is 5.29. The smallest absolute Gasteiger partial charge is 0.340 e. The van der Waals surface area contributed by atoms with Crippen LogP contribution in [0.15, 0.2) is 12.3 Å². The van der Waals surface area contributed by atoms with Crippen LogP contribution < -0.4 is 11.1 Å². The lowest BCUT2D eigenvalue weighted by Crippen LogP contribution is -2.30. The molecule has 1 heterocycles. The third-order valence-electron chi connectivity index (χ3n) is 3.97. The Hall–Kier alpha value is -1.43. The lowest BCUT2D eigenvalue weighted by molar-refractivity contribution is 0.0527. The zero-order valence-corrected chi connectivity index (χ0v) is 13.5. The number of ether oxygens (including phenoxy) is 1. The molecule has 1 aromatic rings. The van der Waals surface area contributed by atoms with Crippen molar-refractivity contribution in [2.45, 2.75) is 37.4 Å². The maximum absolute atomic E-state index is 11.8. The fraction of sp³-hybridized carbons (Fsp3) is 0.600. The molecule has 1 aliphatic carbocycles. The number of pyridine rings is 1. The summed E-state index contributed by atoms with van der Waals surface area (Å²) in [6.07, 6.45) is 8.68. The number of aromatic nitrogens is 1. The Morgan fingerprint density at radius 1 is 1.52 bits per heavy atom. The molecule has 0 bridgehead atoms. The fourth-order valence-electron chi connectivity index (χ4n) is 2.67. The molecule has 0 unspecified atom stereocenters. The van der Waals surface area contributed by atoms with Gasteiger partial charge in [-0.3, -0.25) is 0 Å². The topological polar surface area (TPSA) is 77.2 Å². The van der Waals surface area contributed by atoms with Crippen LogP contribution in [0.1, 0.15) is 43.0 Å². The third kappa shape index (κ3) is 3.81. The van der Waals surface area contributed by atoms with Crippen LogP contribution in [-0.4, -0.2) is 35.1 Å². The molecular formula is C15H23N3O2S. The monoisotopic (exact) mass is 309 g/mol. The van der Waals surface area contributed by atoms with Crippen molar-refractivity contribution in [2.24, 2.45) is 0 Å². The summed E-state index contributed by atoms with van der Waals surface area (Å²) in [4.78, 5) is 16.1. The molecular weight excluding hydrogens is 286 g/mol. The summed E-state index contributed by atoms with van der Waals surface area (Å²) in [7, 11) is 0. The van der Waals surface area contributed by atoms with E-state index >= 15 is 0 Å². The molecule has 0 spiro atoms. The minimum atomic E-state index is -0.402. The summed E-state index contributed by atoms with van der Waals surface area (Å²) in [6.45, 7) is 2.96. The van der Waals surface area contributed by atoms with Gasteiger partial charge in [-0.25, -0.2) is 9.78 Å². The van der Waals surface area contributed by atoms with Crippen LogP contribution in [0.25, 0.3) is 0 Å². The summed E-state index contributed by atoms with van der Waals surface area (Å²) in [5, 5.41) is 3.35. The number of nitrogens with one attached hydrogen (secondary N) is 1. The van der Waals surface area contributed by atoms with Crippen LogP contribution in [0, 0.1) is 0 Å². The number of nitrogens with two attached hydrogens (primary N) is 1. The van der Waals surface area contributed by atoms with Crippen molar-refractivity contribution in [1.29, 1.82) is 0 Å². The first-order chi connectivity index (χ1) is 10.1. The predicted octanol–water partition coefficient (Wildman–Crippen LogP) is 2.93. The number of hydrogen-bond donors (Lipinski definition) is 2. The van der Waals surface area contributed by atoms with Gasteiger partial charge in [0.05, 0.1) is 24.1 Å². The van der Waals surface area contributed by atoms with Gasteiger partial charge in [0.15, 0.2) is 0 Å². The Morgan fingerprint density at radius 3 is 2.86 bits per heavy atom. The number of thioether (sulfide) groups is 1. The van der Waals surface area contributed by atoms with Crippen molar-refractivity contribution in [3.63, 3.8) is 0 Å². The maximum Gasteiger partial charge on any atom is 0.340 e. The van der Waals surface area contributed by atoms with Crippen LogP contribution in [0.2, 0.25) is 0 Å². The number of nitrogens with zero attached hydrogens (tertiary/aromatic N) is 1. The van der Waals surface area contributed by atoms with Crippen molar-refractivity contribution in [2.75, 3.05) is 30.5 Å². The van der Waals surface area contributed by atoms with Crippen LogP contribution in [0.4, 0.5) is 11.5 Å². The molecule has 6 heteroatoms. The summed E-state index contributed by atoms with van der Waals surface area (Å²) in [6, 6.07) is 1.68. The molecule has 1 aliphatic rings. The summed E-state index contributed by atoms with van der Waals surface area (Å²) in [5.74, 6) is 0.272. The third-order valence-corrected chi connectivity index (χ3v) is 5.39. The normalized spacial score (nSPS) is 16.7. The van der Waals surface area contributed by atoms with E-state index in [2.05, 4.69) is 16.6 Å². The molecule has 3 N–H and O–H groups in total. The molecule has 0 aliphatic heterocycles. The Labute approximate surface area is 130 Å². The molecule has 1 fully saturated rings. The van der Waals surface area contributed by atoms with Crippen molar-refractivity contribution < 1.29 is 9.53 Å². The van der Waals surface area contributed by atoms with Gasteiger partial charge < -0.3 is 15.8 Å². The number of rotatable bonds is 6. The van der Waals surface area contributed by atoms with E-state index in [0.717, 1.165) is 6.54 Å². The lowest BCUT2D eigenvalue weighted by Gasteiger charge is -2.27. The Balaban J connectivity index is 2.07. The largest absolute Gasteiger partial charge is 0.462 e. The number of hydrogen-bond acceptors (Lipinski definition) is 6. The second kappa shape index (κ2) is 7.02. The van der Waals surface area contributed by atoms with Crippen molar-refractivity contribution >= 4 is 29.2 Å². The summed E-state index contributed by atoms with van der Waals surface area (Å²) in [5.41, 5.74) is 6.52. The standard InChI is InChI=1S/C15H23N3O2S/c1-3-20-14(19)11-8-13(17-9-12(11)16)18-10-15(21-2)6-4-5-7-15/h8-9H,3-7,10,16H2,1-2H3,(H,17,18). The molecule has 0 radical (unpaired) electrons. The van der Waals surface area contributed by atoms with E-state index in [0.29, 0.717) is 23.7 Å². The van der Waals surface area contributed by atoms with E-state index in [-0.39, 0.29) is 4.75 Å². The number of esters is 1. The number of carbonyl (C=O) groups excluding carboxylic acids is 1. The van der Waals surface area contributed by atoms with Crippen LogP contribution in [-0.2, 0) is 4.74 Å².